The molecule has 0 aromatic carbocycles. The van der Waals surface area contributed by atoms with Gasteiger partial charge in [-0.05, 0) is 33.1 Å². The minimum atomic E-state index is -0.0868. The fourth-order valence-corrected chi connectivity index (χ4v) is 3.21. The van der Waals surface area contributed by atoms with Crippen molar-refractivity contribution < 1.29 is 9.32 Å². The summed E-state index contributed by atoms with van der Waals surface area (Å²) < 4.78 is 7.24. The van der Waals surface area contributed by atoms with Gasteiger partial charge >= 0.3 is 0 Å². The lowest BCUT2D eigenvalue weighted by atomic mass is 10.0. The van der Waals surface area contributed by atoms with Crippen molar-refractivity contribution in [3.8, 4) is 0 Å². The molecule has 1 fully saturated rings. The molecule has 24 heavy (non-hydrogen) atoms. The van der Waals surface area contributed by atoms with Crippen molar-refractivity contribution in [2.45, 2.75) is 58.9 Å². The van der Waals surface area contributed by atoms with Crippen molar-refractivity contribution in [3.63, 3.8) is 0 Å². The quantitative estimate of drug-likeness (QED) is 0.861. The number of carbonyl (C=O) groups excluding carboxylic acids is 1. The van der Waals surface area contributed by atoms with Gasteiger partial charge in [-0.3, -0.25) is 4.79 Å². The first-order valence-corrected chi connectivity index (χ1v) is 8.65. The van der Waals surface area contributed by atoms with Crippen LogP contribution in [-0.4, -0.2) is 43.8 Å². The van der Waals surface area contributed by atoms with E-state index < -0.39 is 0 Å². The van der Waals surface area contributed by atoms with Gasteiger partial charge < -0.3 is 9.42 Å². The van der Waals surface area contributed by atoms with Gasteiger partial charge in [0.25, 0.3) is 5.91 Å². The van der Waals surface area contributed by atoms with Crippen LogP contribution in [0.4, 0.5) is 0 Å². The van der Waals surface area contributed by atoms with Crippen LogP contribution in [0.2, 0.25) is 0 Å². The van der Waals surface area contributed by atoms with Crippen LogP contribution < -0.4 is 0 Å². The van der Waals surface area contributed by atoms with E-state index in [0.29, 0.717) is 18.2 Å². The van der Waals surface area contributed by atoms with Crippen LogP contribution in [0.1, 0.15) is 73.0 Å². The highest BCUT2D eigenvalue weighted by Crippen LogP contribution is 2.24. The van der Waals surface area contributed by atoms with Crippen LogP contribution >= 0.6 is 0 Å². The van der Waals surface area contributed by atoms with Gasteiger partial charge in [0.05, 0.1) is 11.7 Å². The molecule has 130 valence electrons. The van der Waals surface area contributed by atoms with Gasteiger partial charge in [0.15, 0.2) is 0 Å². The zero-order chi connectivity index (χ0) is 17.3. The van der Waals surface area contributed by atoms with Crippen LogP contribution in [0, 0.1) is 13.8 Å². The molecule has 1 saturated heterocycles. The Morgan fingerprint density at radius 3 is 2.92 bits per heavy atom. The highest BCUT2D eigenvalue weighted by Gasteiger charge is 2.29. The number of hydrogen-bond acceptors (Lipinski definition) is 5. The molecule has 3 rings (SSSR count). The summed E-state index contributed by atoms with van der Waals surface area (Å²) >= 11 is 0. The predicted molar refractivity (Wildman–Crippen MR) is 88.9 cm³/mol. The van der Waals surface area contributed by atoms with E-state index >= 15 is 0 Å². The minimum Gasteiger partial charge on any atom is -0.351 e. The third-order valence-electron chi connectivity index (χ3n) is 4.79. The molecule has 2 aromatic heterocycles. The Balaban J connectivity index is 1.73. The number of nitrogens with zero attached hydrogens (tertiary/aromatic N) is 5. The highest BCUT2D eigenvalue weighted by molar-refractivity contribution is 5.91. The molecule has 2 aromatic rings. The Kier molecular flexibility index (Phi) is 4.69. The molecule has 0 bridgehead atoms. The van der Waals surface area contributed by atoms with Crippen molar-refractivity contribution in [3.05, 3.63) is 29.2 Å². The molecule has 1 aliphatic rings. The van der Waals surface area contributed by atoms with Gasteiger partial charge in [0, 0.05) is 25.1 Å². The fourth-order valence-electron chi connectivity index (χ4n) is 3.21. The third-order valence-corrected chi connectivity index (χ3v) is 4.79. The SMILES string of the molecule is CC[C@@H](C)c1cc(C(=O)N2CCC[C@@H](n3nc(C)nc3C)C2)on1. The van der Waals surface area contributed by atoms with Crippen LogP contribution in [0.5, 0.6) is 0 Å². The summed E-state index contributed by atoms with van der Waals surface area (Å²) in [6, 6.07) is 1.95. The van der Waals surface area contributed by atoms with Gasteiger partial charge in [-0.15, -0.1) is 0 Å². The molecule has 1 aliphatic heterocycles. The Morgan fingerprint density at radius 2 is 2.25 bits per heavy atom. The Labute approximate surface area is 142 Å². The van der Waals surface area contributed by atoms with Gasteiger partial charge in [0.1, 0.15) is 11.6 Å². The van der Waals surface area contributed by atoms with E-state index in [1.54, 1.807) is 6.07 Å². The van der Waals surface area contributed by atoms with E-state index in [2.05, 4.69) is 29.1 Å². The van der Waals surface area contributed by atoms with Crippen molar-refractivity contribution in [2.24, 2.45) is 0 Å². The second kappa shape index (κ2) is 6.75. The molecule has 0 saturated carbocycles. The van der Waals surface area contributed by atoms with Crippen molar-refractivity contribution in [1.82, 2.24) is 24.8 Å². The molecule has 7 heteroatoms. The second-order valence-electron chi connectivity index (χ2n) is 6.62. The Hall–Kier alpha value is -2.18. The number of carbonyl (C=O) groups is 1. The van der Waals surface area contributed by atoms with Gasteiger partial charge in [-0.2, -0.15) is 5.10 Å². The van der Waals surface area contributed by atoms with Crippen molar-refractivity contribution in [1.29, 1.82) is 0 Å². The largest absolute Gasteiger partial charge is 0.351 e. The Bertz CT molecular complexity index is 720. The summed E-state index contributed by atoms with van der Waals surface area (Å²) in [6.45, 7) is 9.39. The van der Waals surface area contributed by atoms with E-state index in [-0.39, 0.29) is 11.9 Å². The average molecular weight is 331 g/mol. The molecule has 0 aliphatic carbocycles. The number of piperidine rings is 1. The first kappa shape index (κ1) is 16.7. The lowest BCUT2D eigenvalue weighted by molar-refractivity contribution is 0.0629. The summed E-state index contributed by atoms with van der Waals surface area (Å²) in [5.41, 5.74) is 0.845. The van der Waals surface area contributed by atoms with Crippen LogP contribution in [0.25, 0.3) is 0 Å². The van der Waals surface area contributed by atoms with Gasteiger partial charge in [-0.25, -0.2) is 9.67 Å². The highest BCUT2D eigenvalue weighted by atomic mass is 16.5. The zero-order valence-electron chi connectivity index (χ0n) is 14.8. The maximum absolute atomic E-state index is 12.7. The number of likely N-dealkylation sites (tertiary alicyclic amines) is 1. The molecule has 0 spiro atoms. The van der Waals surface area contributed by atoms with Crippen molar-refractivity contribution in [2.75, 3.05) is 13.1 Å². The van der Waals surface area contributed by atoms with E-state index in [9.17, 15) is 4.79 Å². The summed E-state index contributed by atoms with van der Waals surface area (Å²) in [5, 5.41) is 8.52. The molecule has 1 amide bonds. The maximum Gasteiger partial charge on any atom is 0.292 e. The van der Waals surface area contributed by atoms with Gasteiger partial charge in [-0.1, -0.05) is 19.0 Å². The lowest BCUT2D eigenvalue weighted by Gasteiger charge is -2.32. The number of aryl methyl sites for hydroxylation is 2. The number of amides is 1. The molecule has 0 unspecified atom stereocenters. The number of hydrogen-bond donors (Lipinski definition) is 0. The van der Waals surface area contributed by atoms with Crippen LogP contribution in [-0.2, 0) is 0 Å². The summed E-state index contributed by atoms with van der Waals surface area (Å²) in [7, 11) is 0. The lowest BCUT2D eigenvalue weighted by Crippen LogP contribution is -2.41. The maximum atomic E-state index is 12.7. The topological polar surface area (TPSA) is 77.0 Å². The molecule has 2 atom stereocenters. The molecule has 0 radical (unpaired) electrons. The summed E-state index contributed by atoms with van der Waals surface area (Å²) in [6.07, 6.45) is 2.92. The van der Waals surface area contributed by atoms with Crippen molar-refractivity contribution >= 4 is 5.91 Å². The summed E-state index contributed by atoms with van der Waals surface area (Å²) in [4.78, 5) is 18.9. The smallest absolute Gasteiger partial charge is 0.292 e. The Morgan fingerprint density at radius 1 is 1.46 bits per heavy atom. The monoisotopic (exact) mass is 331 g/mol. The van der Waals surface area contributed by atoms with Crippen LogP contribution in [0.3, 0.4) is 0 Å². The van der Waals surface area contributed by atoms with E-state index in [1.807, 2.05) is 23.4 Å². The third kappa shape index (κ3) is 3.20. The normalized spacial score (nSPS) is 19.5. The summed E-state index contributed by atoms with van der Waals surface area (Å²) in [5.74, 6) is 2.20. The predicted octanol–water partition coefficient (Wildman–Crippen LogP) is 2.87. The average Bonchev–Trinajstić information content (AvgIpc) is 3.20. The van der Waals surface area contributed by atoms with Gasteiger partial charge in [0.2, 0.25) is 5.76 Å². The molecule has 7 nitrogen and oxygen atoms in total. The number of rotatable bonds is 4. The minimum absolute atomic E-state index is 0.0868. The molecular weight excluding hydrogens is 306 g/mol. The first-order valence-electron chi connectivity index (χ1n) is 8.65. The molecule has 0 N–H and O–H groups in total. The van der Waals surface area contributed by atoms with E-state index in [0.717, 1.165) is 43.1 Å². The first-order chi connectivity index (χ1) is 11.5. The van der Waals surface area contributed by atoms with Crippen LogP contribution in [0.15, 0.2) is 10.6 Å². The second-order valence-corrected chi connectivity index (χ2v) is 6.62. The molecule has 3 heterocycles. The standard InChI is InChI=1S/C17H25N5O2/c1-5-11(2)15-9-16(24-20-15)17(23)21-8-6-7-14(10-21)22-13(4)18-12(3)19-22/h9,11,14H,5-8,10H2,1-4H3/t11-,14-/m1/s1. The number of aromatic nitrogens is 4. The zero-order valence-corrected chi connectivity index (χ0v) is 14.8. The molecular formula is C17H25N5O2. The van der Waals surface area contributed by atoms with E-state index in [1.165, 1.54) is 0 Å². The fraction of sp³-hybridized carbons (Fsp3) is 0.647. The van der Waals surface area contributed by atoms with E-state index in [4.69, 9.17) is 4.52 Å².